The minimum Gasteiger partial charge on any atom is -0.396 e. The monoisotopic (exact) mass is 262 g/mol. The lowest BCUT2D eigenvalue weighted by molar-refractivity contribution is 0.244. The van der Waals surface area contributed by atoms with Crippen LogP contribution in [0.5, 0.6) is 0 Å². The first-order valence-corrected chi connectivity index (χ1v) is 7.43. The fourth-order valence-corrected chi connectivity index (χ4v) is 2.70. The van der Waals surface area contributed by atoms with Gasteiger partial charge in [0.05, 0.1) is 0 Å². The third-order valence-electron chi connectivity index (χ3n) is 3.81. The highest BCUT2D eigenvalue weighted by molar-refractivity contribution is 5.47. The Kier molecular flexibility index (Phi) is 5.67. The van der Waals surface area contributed by atoms with Crippen molar-refractivity contribution in [3.63, 3.8) is 0 Å². The summed E-state index contributed by atoms with van der Waals surface area (Å²) in [6.45, 7) is 4.59. The molecule has 2 rings (SSSR count). The van der Waals surface area contributed by atoms with E-state index < -0.39 is 0 Å². The van der Waals surface area contributed by atoms with Crippen molar-refractivity contribution in [3.05, 3.63) is 29.8 Å². The summed E-state index contributed by atoms with van der Waals surface area (Å²) < 4.78 is 0. The molecule has 1 saturated heterocycles. The minimum absolute atomic E-state index is 0.276. The predicted octanol–water partition coefficient (Wildman–Crippen LogP) is 2.49. The molecule has 0 spiro atoms. The van der Waals surface area contributed by atoms with E-state index >= 15 is 0 Å². The Hall–Kier alpha value is -1.06. The van der Waals surface area contributed by atoms with Gasteiger partial charge in [-0.2, -0.15) is 0 Å². The van der Waals surface area contributed by atoms with Gasteiger partial charge in [0.1, 0.15) is 0 Å². The van der Waals surface area contributed by atoms with Crippen LogP contribution in [0.15, 0.2) is 24.3 Å². The molecule has 0 aromatic heterocycles. The molecule has 1 N–H and O–H groups in total. The molecule has 1 aliphatic heterocycles. The number of nitrogens with zero attached hydrogens (tertiary/aromatic N) is 2. The van der Waals surface area contributed by atoms with Gasteiger partial charge >= 0.3 is 0 Å². The van der Waals surface area contributed by atoms with E-state index in [4.69, 9.17) is 5.11 Å². The van der Waals surface area contributed by atoms with Crippen molar-refractivity contribution in [2.75, 3.05) is 38.2 Å². The molecule has 1 aromatic carbocycles. The molecule has 0 aliphatic carbocycles. The van der Waals surface area contributed by atoms with Crippen LogP contribution >= 0.6 is 0 Å². The Morgan fingerprint density at radius 1 is 1.11 bits per heavy atom. The van der Waals surface area contributed by atoms with E-state index in [9.17, 15) is 0 Å². The van der Waals surface area contributed by atoms with Crippen LogP contribution in [0.3, 0.4) is 0 Å². The number of aliphatic hydroxyl groups is 1. The quantitative estimate of drug-likeness (QED) is 0.853. The van der Waals surface area contributed by atoms with E-state index in [0.29, 0.717) is 0 Å². The van der Waals surface area contributed by atoms with Crippen molar-refractivity contribution in [2.24, 2.45) is 0 Å². The Labute approximate surface area is 116 Å². The maximum Gasteiger partial charge on any atom is 0.0443 e. The predicted molar refractivity (Wildman–Crippen MR) is 80.5 cm³/mol. The van der Waals surface area contributed by atoms with Crippen LogP contribution in [0.2, 0.25) is 0 Å². The van der Waals surface area contributed by atoms with Crippen LogP contribution in [0.4, 0.5) is 5.69 Å². The van der Waals surface area contributed by atoms with Crippen molar-refractivity contribution in [1.29, 1.82) is 0 Å². The van der Waals surface area contributed by atoms with Crippen molar-refractivity contribution in [2.45, 2.75) is 32.2 Å². The number of hydrogen-bond acceptors (Lipinski definition) is 3. The van der Waals surface area contributed by atoms with E-state index in [0.717, 1.165) is 19.5 Å². The van der Waals surface area contributed by atoms with E-state index in [2.05, 4.69) is 41.1 Å². The van der Waals surface area contributed by atoms with Gasteiger partial charge in [0, 0.05) is 38.5 Å². The zero-order chi connectivity index (χ0) is 13.5. The van der Waals surface area contributed by atoms with Crippen molar-refractivity contribution < 1.29 is 5.11 Å². The average molecular weight is 262 g/mol. The lowest BCUT2D eigenvalue weighted by atomic mass is 10.1. The molecule has 0 amide bonds. The van der Waals surface area contributed by atoms with Gasteiger partial charge in [-0.1, -0.05) is 12.1 Å². The molecule has 0 unspecified atom stereocenters. The van der Waals surface area contributed by atoms with E-state index in [1.165, 1.54) is 43.6 Å². The van der Waals surface area contributed by atoms with Crippen LogP contribution in [0, 0.1) is 0 Å². The lowest BCUT2D eigenvalue weighted by Gasteiger charge is -2.29. The van der Waals surface area contributed by atoms with Gasteiger partial charge in [-0.3, -0.25) is 0 Å². The Bertz CT molecular complexity index is 358. The molecule has 19 heavy (non-hydrogen) atoms. The van der Waals surface area contributed by atoms with Crippen LogP contribution in [0.1, 0.15) is 31.2 Å². The van der Waals surface area contributed by atoms with Gasteiger partial charge in [-0.15, -0.1) is 0 Å². The summed E-state index contributed by atoms with van der Waals surface area (Å²) in [6, 6.07) is 8.97. The van der Waals surface area contributed by atoms with Gasteiger partial charge < -0.3 is 14.9 Å². The van der Waals surface area contributed by atoms with Gasteiger partial charge in [-0.05, 0) is 50.4 Å². The van der Waals surface area contributed by atoms with Crippen LogP contribution in [0.25, 0.3) is 0 Å². The molecular weight excluding hydrogens is 236 g/mol. The number of benzene rings is 1. The topological polar surface area (TPSA) is 26.7 Å². The largest absolute Gasteiger partial charge is 0.396 e. The Morgan fingerprint density at radius 3 is 2.42 bits per heavy atom. The molecule has 0 saturated carbocycles. The summed E-state index contributed by atoms with van der Waals surface area (Å²) in [5, 5.41) is 8.83. The third-order valence-corrected chi connectivity index (χ3v) is 3.81. The first-order chi connectivity index (χ1) is 9.29. The standard InChI is InChI=1S/C16H26N2O/c1-17(10-5-13-19)14-15-6-8-16(9-7-15)18-11-3-2-4-12-18/h6-9,19H,2-5,10-14H2,1H3. The Balaban J connectivity index is 1.86. The minimum atomic E-state index is 0.276. The molecule has 0 radical (unpaired) electrons. The normalized spacial score (nSPS) is 16.1. The number of piperidine rings is 1. The summed E-state index contributed by atoms with van der Waals surface area (Å²) in [5.74, 6) is 0. The molecule has 3 heteroatoms. The molecule has 1 aliphatic rings. The molecule has 3 nitrogen and oxygen atoms in total. The van der Waals surface area contributed by atoms with E-state index in [1.54, 1.807) is 0 Å². The van der Waals surface area contributed by atoms with Gasteiger partial charge in [0.25, 0.3) is 0 Å². The molecule has 0 atom stereocenters. The first kappa shape index (κ1) is 14.4. The molecule has 0 bridgehead atoms. The fraction of sp³-hybridized carbons (Fsp3) is 0.625. The van der Waals surface area contributed by atoms with Gasteiger partial charge in [0.15, 0.2) is 0 Å². The van der Waals surface area contributed by atoms with Gasteiger partial charge in [0.2, 0.25) is 0 Å². The second-order valence-corrected chi connectivity index (χ2v) is 5.53. The maximum absolute atomic E-state index is 8.83. The third kappa shape index (κ3) is 4.51. The molecular formula is C16H26N2O. The summed E-state index contributed by atoms with van der Waals surface area (Å²) in [4.78, 5) is 4.74. The summed E-state index contributed by atoms with van der Waals surface area (Å²) in [6.07, 6.45) is 4.88. The summed E-state index contributed by atoms with van der Waals surface area (Å²) >= 11 is 0. The zero-order valence-corrected chi connectivity index (χ0v) is 12.0. The summed E-state index contributed by atoms with van der Waals surface area (Å²) in [7, 11) is 2.11. The average Bonchev–Trinajstić information content (AvgIpc) is 2.47. The molecule has 1 fully saturated rings. The summed E-state index contributed by atoms with van der Waals surface area (Å²) in [5.41, 5.74) is 2.71. The second kappa shape index (κ2) is 7.51. The number of rotatable bonds is 6. The smallest absolute Gasteiger partial charge is 0.0443 e. The Morgan fingerprint density at radius 2 is 1.79 bits per heavy atom. The zero-order valence-electron chi connectivity index (χ0n) is 12.0. The molecule has 106 valence electrons. The van der Waals surface area contributed by atoms with Crippen molar-refractivity contribution in [3.8, 4) is 0 Å². The second-order valence-electron chi connectivity index (χ2n) is 5.53. The highest BCUT2D eigenvalue weighted by Gasteiger charge is 2.10. The SMILES string of the molecule is CN(CCCO)Cc1ccc(N2CCCCC2)cc1. The van der Waals surface area contributed by atoms with E-state index in [1.807, 2.05) is 0 Å². The fourth-order valence-electron chi connectivity index (χ4n) is 2.70. The van der Waals surface area contributed by atoms with Crippen molar-refractivity contribution >= 4 is 5.69 Å². The van der Waals surface area contributed by atoms with Gasteiger partial charge in [-0.25, -0.2) is 0 Å². The van der Waals surface area contributed by atoms with Crippen LogP contribution in [-0.4, -0.2) is 43.3 Å². The lowest BCUT2D eigenvalue weighted by Crippen LogP contribution is -2.29. The highest BCUT2D eigenvalue weighted by Crippen LogP contribution is 2.20. The number of anilines is 1. The van der Waals surface area contributed by atoms with Crippen LogP contribution in [-0.2, 0) is 6.54 Å². The molecule has 1 heterocycles. The van der Waals surface area contributed by atoms with E-state index in [-0.39, 0.29) is 6.61 Å². The van der Waals surface area contributed by atoms with Crippen molar-refractivity contribution in [1.82, 2.24) is 4.90 Å². The van der Waals surface area contributed by atoms with Crippen LogP contribution < -0.4 is 4.90 Å². The number of aliphatic hydroxyl groups excluding tert-OH is 1. The maximum atomic E-state index is 8.83. The molecule has 1 aromatic rings. The number of hydrogen-bond donors (Lipinski definition) is 1. The highest BCUT2D eigenvalue weighted by atomic mass is 16.3. The first-order valence-electron chi connectivity index (χ1n) is 7.43.